The molecule has 2 aromatic heterocycles. The molecule has 0 saturated heterocycles. The van der Waals surface area contributed by atoms with Crippen molar-refractivity contribution in [3.05, 3.63) is 58.4 Å². The highest BCUT2D eigenvalue weighted by Crippen LogP contribution is 2.16. The van der Waals surface area contributed by atoms with Gasteiger partial charge >= 0.3 is 0 Å². The Morgan fingerprint density at radius 1 is 1.25 bits per heavy atom. The molecule has 0 aliphatic carbocycles. The Labute approximate surface area is 123 Å². The van der Waals surface area contributed by atoms with Crippen molar-refractivity contribution in [3.8, 4) is 0 Å². The summed E-state index contributed by atoms with van der Waals surface area (Å²) < 4.78 is 2.18. The number of hydrogen-bond donors (Lipinski definition) is 1. The minimum absolute atomic E-state index is 0.871. The van der Waals surface area contributed by atoms with Crippen molar-refractivity contribution >= 4 is 16.3 Å². The molecule has 0 amide bonds. The Hall–Kier alpha value is -1.65. The van der Waals surface area contributed by atoms with Gasteiger partial charge in [-0.25, -0.2) is 4.98 Å². The summed E-state index contributed by atoms with van der Waals surface area (Å²) in [5.41, 5.74) is 5.19. The Kier molecular flexibility index (Phi) is 3.85. The van der Waals surface area contributed by atoms with Crippen LogP contribution >= 0.6 is 11.3 Å². The molecule has 3 nitrogen and oxygen atoms in total. The van der Waals surface area contributed by atoms with E-state index in [9.17, 15) is 0 Å². The van der Waals surface area contributed by atoms with Gasteiger partial charge in [-0.15, -0.1) is 11.3 Å². The number of nitrogens with zero attached hydrogens (tertiary/aromatic N) is 2. The van der Waals surface area contributed by atoms with Gasteiger partial charge in [-0.2, -0.15) is 0 Å². The van der Waals surface area contributed by atoms with E-state index in [1.54, 1.807) is 11.3 Å². The van der Waals surface area contributed by atoms with Crippen LogP contribution in [0, 0.1) is 13.8 Å². The maximum absolute atomic E-state index is 4.57. The van der Waals surface area contributed by atoms with Gasteiger partial charge in [-0.3, -0.25) is 4.40 Å². The number of hydrogen-bond acceptors (Lipinski definition) is 3. The molecule has 104 valence electrons. The van der Waals surface area contributed by atoms with E-state index in [0.29, 0.717) is 0 Å². The number of nitrogens with one attached hydrogen (secondary N) is 1. The van der Waals surface area contributed by atoms with Gasteiger partial charge in [0.2, 0.25) is 0 Å². The molecule has 3 aromatic rings. The van der Waals surface area contributed by atoms with Gasteiger partial charge < -0.3 is 5.32 Å². The Morgan fingerprint density at radius 3 is 2.95 bits per heavy atom. The molecule has 0 spiro atoms. The Morgan fingerprint density at radius 2 is 2.10 bits per heavy atom. The first-order valence-corrected chi connectivity index (χ1v) is 7.80. The highest BCUT2D eigenvalue weighted by atomic mass is 32.1. The molecule has 0 fully saturated rings. The molecule has 20 heavy (non-hydrogen) atoms. The highest BCUT2D eigenvalue weighted by Gasteiger charge is 2.08. The summed E-state index contributed by atoms with van der Waals surface area (Å²) in [5.74, 6) is 0. The zero-order valence-corrected chi connectivity index (χ0v) is 12.7. The van der Waals surface area contributed by atoms with Crippen molar-refractivity contribution in [1.29, 1.82) is 0 Å². The average Bonchev–Trinajstić information content (AvgIpc) is 2.98. The number of aryl methyl sites for hydroxylation is 2. The largest absolute Gasteiger partial charge is 0.311 e. The molecule has 0 atom stereocenters. The van der Waals surface area contributed by atoms with Crippen LogP contribution in [0.4, 0.5) is 0 Å². The van der Waals surface area contributed by atoms with Gasteiger partial charge in [0.1, 0.15) is 0 Å². The molecule has 0 aliphatic rings. The van der Waals surface area contributed by atoms with Crippen molar-refractivity contribution in [2.45, 2.75) is 26.8 Å². The van der Waals surface area contributed by atoms with Crippen LogP contribution in [0.2, 0.25) is 0 Å². The van der Waals surface area contributed by atoms with E-state index in [4.69, 9.17) is 0 Å². The minimum Gasteiger partial charge on any atom is -0.311 e. The summed E-state index contributed by atoms with van der Waals surface area (Å²) in [6, 6.07) is 8.58. The molecule has 0 unspecified atom stereocenters. The number of benzene rings is 1. The van der Waals surface area contributed by atoms with E-state index < -0.39 is 0 Å². The summed E-state index contributed by atoms with van der Waals surface area (Å²) in [7, 11) is 0. The first kappa shape index (κ1) is 13.3. The topological polar surface area (TPSA) is 29.3 Å². The van der Waals surface area contributed by atoms with E-state index in [2.05, 4.69) is 64.4 Å². The second-order valence-corrected chi connectivity index (χ2v) is 5.93. The third-order valence-electron chi connectivity index (χ3n) is 3.69. The van der Waals surface area contributed by atoms with Gasteiger partial charge in [0.05, 0.1) is 11.4 Å². The van der Waals surface area contributed by atoms with Crippen molar-refractivity contribution in [1.82, 2.24) is 14.7 Å². The van der Waals surface area contributed by atoms with Crippen LogP contribution in [-0.2, 0) is 13.0 Å². The Balaban J connectivity index is 1.59. The van der Waals surface area contributed by atoms with Crippen LogP contribution in [0.15, 0.2) is 35.8 Å². The molecule has 1 N–H and O–H groups in total. The summed E-state index contributed by atoms with van der Waals surface area (Å²) in [4.78, 5) is 5.65. The van der Waals surface area contributed by atoms with Gasteiger partial charge in [0.15, 0.2) is 4.96 Å². The fraction of sp³-hybridized carbons (Fsp3) is 0.312. The van der Waals surface area contributed by atoms with Gasteiger partial charge in [-0.1, -0.05) is 24.3 Å². The highest BCUT2D eigenvalue weighted by molar-refractivity contribution is 7.15. The first-order chi connectivity index (χ1) is 9.75. The number of aromatic nitrogens is 2. The van der Waals surface area contributed by atoms with Gasteiger partial charge in [0, 0.05) is 18.1 Å². The smallest absolute Gasteiger partial charge is 0.194 e. The second-order valence-electron chi connectivity index (χ2n) is 5.05. The fourth-order valence-electron chi connectivity index (χ4n) is 2.47. The van der Waals surface area contributed by atoms with Gasteiger partial charge in [-0.05, 0) is 37.9 Å². The molecule has 1 aromatic carbocycles. The van der Waals surface area contributed by atoms with Crippen LogP contribution in [-0.4, -0.2) is 15.9 Å². The molecule has 2 heterocycles. The quantitative estimate of drug-likeness (QED) is 0.729. The predicted octanol–water partition coefficient (Wildman–Crippen LogP) is 3.34. The van der Waals surface area contributed by atoms with Crippen molar-refractivity contribution in [2.75, 3.05) is 6.54 Å². The van der Waals surface area contributed by atoms with Crippen LogP contribution in [0.5, 0.6) is 0 Å². The normalized spacial score (nSPS) is 11.3. The zero-order valence-electron chi connectivity index (χ0n) is 11.9. The number of fused-ring (bicyclic) bond motifs is 1. The van der Waals surface area contributed by atoms with Crippen molar-refractivity contribution in [3.63, 3.8) is 0 Å². The maximum Gasteiger partial charge on any atom is 0.194 e. The second kappa shape index (κ2) is 5.77. The fourth-order valence-corrected chi connectivity index (χ4v) is 3.25. The maximum atomic E-state index is 4.57. The SMILES string of the molecule is Cc1ccccc1CCNCc1c(C)nc2sccn12. The van der Waals surface area contributed by atoms with Crippen LogP contribution in [0.1, 0.15) is 22.5 Å². The lowest BCUT2D eigenvalue weighted by molar-refractivity contribution is 0.667. The molecular formula is C16H19N3S. The average molecular weight is 285 g/mol. The molecule has 4 heteroatoms. The summed E-state index contributed by atoms with van der Waals surface area (Å²) in [6.07, 6.45) is 3.16. The van der Waals surface area contributed by atoms with Gasteiger partial charge in [0.25, 0.3) is 0 Å². The van der Waals surface area contributed by atoms with E-state index >= 15 is 0 Å². The molecular weight excluding hydrogens is 266 g/mol. The lowest BCUT2D eigenvalue weighted by atomic mass is 10.1. The molecule has 3 rings (SSSR count). The van der Waals surface area contributed by atoms with Crippen LogP contribution in [0.3, 0.4) is 0 Å². The third kappa shape index (κ3) is 2.62. The summed E-state index contributed by atoms with van der Waals surface area (Å²) >= 11 is 1.68. The lowest BCUT2D eigenvalue weighted by Gasteiger charge is -2.07. The third-order valence-corrected chi connectivity index (χ3v) is 4.44. The molecule has 0 radical (unpaired) electrons. The Bertz CT molecular complexity index is 711. The summed E-state index contributed by atoms with van der Waals surface area (Å²) in [5, 5.41) is 5.61. The predicted molar refractivity (Wildman–Crippen MR) is 84.4 cm³/mol. The van der Waals surface area contributed by atoms with E-state index in [-0.39, 0.29) is 0 Å². The van der Waals surface area contributed by atoms with Crippen molar-refractivity contribution < 1.29 is 0 Å². The van der Waals surface area contributed by atoms with E-state index in [0.717, 1.165) is 30.2 Å². The van der Waals surface area contributed by atoms with E-state index in [1.807, 2.05) is 0 Å². The number of imidazole rings is 1. The summed E-state index contributed by atoms with van der Waals surface area (Å²) in [6.45, 7) is 6.11. The number of rotatable bonds is 5. The first-order valence-electron chi connectivity index (χ1n) is 6.92. The standard InChI is InChI=1S/C16H19N3S/c1-12-5-3-4-6-14(12)7-8-17-11-15-13(2)18-16-19(15)9-10-20-16/h3-6,9-10,17H,7-8,11H2,1-2H3. The van der Waals surface area contributed by atoms with E-state index in [1.165, 1.54) is 16.8 Å². The zero-order chi connectivity index (χ0) is 13.9. The molecule has 0 aliphatic heterocycles. The lowest BCUT2D eigenvalue weighted by Crippen LogP contribution is -2.18. The van der Waals surface area contributed by atoms with Crippen molar-refractivity contribution in [2.24, 2.45) is 0 Å². The monoisotopic (exact) mass is 285 g/mol. The van der Waals surface area contributed by atoms with Crippen LogP contribution in [0.25, 0.3) is 4.96 Å². The molecule has 0 saturated carbocycles. The van der Waals surface area contributed by atoms with Crippen LogP contribution < -0.4 is 5.32 Å². The number of thiazole rings is 1. The minimum atomic E-state index is 0.871. The molecule has 0 bridgehead atoms.